The number of piperidine rings is 3. The number of alkyl halides is 3. The highest BCUT2D eigenvalue weighted by atomic mass is 19.4. The maximum absolute atomic E-state index is 13.7. The Morgan fingerprint density at radius 2 is 1.59 bits per heavy atom. The fourth-order valence-corrected chi connectivity index (χ4v) is 10.5. The second-order valence-electron chi connectivity index (χ2n) is 18.3. The predicted octanol–water partition coefficient (Wildman–Crippen LogP) is 3.89. The standard InChI is InChI=1S/C47H54F3N9O7/c1-29-24-33(27-53(2)44(29)63)32-6-7-35-38(25-32)58(22-23-66-47(48,49)50)42(51-35)31-12-14-54(15-13-31)28-40(61)57-16-10-30(11-17-57)26-55-18-20-56(21-19-55)36-5-3-4-34-41(36)46(65)59(45(34)64)37-8-9-39(60)52-43(37)62/h3-7,24-25,27,30-31,37H,8-23,26,28H2,1-2H3,(H,52,60,62). The second-order valence-corrected chi connectivity index (χ2v) is 18.3. The zero-order valence-electron chi connectivity index (χ0n) is 37.1. The van der Waals surface area contributed by atoms with Crippen LogP contribution in [0.4, 0.5) is 18.9 Å². The van der Waals surface area contributed by atoms with Crippen LogP contribution >= 0.6 is 0 Å². The van der Waals surface area contributed by atoms with Gasteiger partial charge in [-0.05, 0) is 99.5 Å². The Morgan fingerprint density at radius 1 is 0.848 bits per heavy atom. The fourth-order valence-electron chi connectivity index (χ4n) is 10.5. The Balaban J connectivity index is 0.756. The summed E-state index contributed by atoms with van der Waals surface area (Å²) in [5, 5.41) is 2.25. The second kappa shape index (κ2) is 18.4. The number of pyridine rings is 1. The van der Waals surface area contributed by atoms with E-state index in [1.165, 1.54) is 4.57 Å². The third-order valence-corrected chi connectivity index (χ3v) is 14.0. The SMILES string of the molecule is Cc1cc(-c2ccc3nc(C4CCN(CC(=O)N5CCC(CN6CCN(c7cccc8c7C(=O)N(C7CCC(=O)NC7=O)C8=O)CC6)CC5)CC4)n(CCOC(F)(F)F)c3c2)cn(C)c1=O. The van der Waals surface area contributed by atoms with Crippen LogP contribution in [0.25, 0.3) is 22.2 Å². The molecule has 0 bridgehead atoms. The molecular formula is C47H54F3N9O7. The number of anilines is 1. The number of carbonyl (C=O) groups is 5. The molecule has 19 heteroatoms. The summed E-state index contributed by atoms with van der Waals surface area (Å²) in [4.78, 5) is 91.8. The van der Waals surface area contributed by atoms with Gasteiger partial charge in [-0.3, -0.25) is 53.5 Å². The van der Waals surface area contributed by atoms with Gasteiger partial charge in [0.25, 0.3) is 17.4 Å². The number of likely N-dealkylation sites (tertiary alicyclic amines) is 2. The number of piperazine rings is 1. The zero-order chi connectivity index (χ0) is 46.4. The van der Waals surface area contributed by atoms with E-state index in [1.807, 2.05) is 33.7 Å². The summed E-state index contributed by atoms with van der Waals surface area (Å²) < 4.78 is 46.8. The molecule has 9 rings (SSSR count). The number of ether oxygens (including phenoxy) is 1. The Kier molecular flexibility index (Phi) is 12.6. The molecule has 66 heavy (non-hydrogen) atoms. The van der Waals surface area contributed by atoms with E-state index in [4.69, 9.17) is 4.98 Å². The van der Waals surface area contributed by atoms with Crippen molar-refractivity contribution in [2.45, 2.75) is 70.3 Å². The van der Waals surface area contributed by atoms with Gasteiger partial charge in [-0.1, -0.05) is 12.1 Å². The van der Waals surface area contributed by atoms with Crippen LogP contribution in [-0.4, -0.2) is 148 Å². The van der Waals surface area contributed by atoms with Crippen LogP contribution < -0.4 is 15.8 Å². The average Bonchev–Trinajstić information content (AvgIpc) is 3.78. The number of aryl methyl sites for hydroxylation is 2. The molecule has 16 nitrogen and oxygen atoms in total. The number of halogens is 3. The molecule has 4 aromatic rings. The minimum absolute atomic E-state index is 0.0222. The lowest BCUT2D eigenvalue weighted by Gasteiger charge is -2.40. The number of fused-ring (bicyclic) bond motifs is 2. The van der Waals surface area contributed by atoms with Gasteiger partial charge >= 0.3 is 6.36 Å². The van der Waals surface area contributed by atoms with Gasteiger partial charge in [-0.15, -0.1) is 13.2 Å². The van der Waals surface area contributed by atoms with Crippen LogP contribution in [0, 0.1) is 12.8 Å². The number of nitrogens with zero attached hydrogens (tertiary/aromatic N) is 8. The van der Waals surface area contributed by atoms with Crippen LogP contribution in [0.1, 0.15) is 76.5 Å². The van der Waals surface area contributed by atoms with Crippen molar-refractivity contribution in [1.82, 2.24) is 39.0 Å². The number of imide groups is 2. The highest BCUT2D eigenvalue weighted by Gasteiger charge is 2.46. The molecule has 4 fully saturated rings. The fraction of sp³-hybridized carbons (Fsp3) is 0.511. The van der Waals surface area contributed by atoms with Crippen molar-refractivity contribution in [3.8, 4) is 11.1 Å². The van der Waals surface area contributed by atoms with Crippen molar-refractivity contribution in [3.63, 3.8) is 0 Å². The predicted molar refractivity (Wildman–Crippen MR) is 237 cm³/mol. The number of aromatic nitrogens is 3. The van der Waals surface area contributed by atoms with Gasteiger partial charge in [0.15, 0.2) is 0 Å². The van der Waals surface area contributed by atoms with Crippen LogP contribution in [0.3, 0.4) is 0 Å². The van der Waals surface area contributed by atoms with Gasteiger partial charge < -0.3 is 18.9 Å². The largest absolute Gasteiger partial charge is 0.522 e. The molecule has 0 spiro atoms. The molecule has 0 aliphatic carbocycles. The van der Waals surface area contributed by atoms with Crippen molar-refractivity contribution >= 4 is 46.3 Å². The van der Waals surface area contributed by atoms with E-state index in [-0.39, 0.29) is 42.3 Å². The number of hydrogen-bond acceptors (Lipinski definition) is 11. The minimum atomic E-state index is -4.76. The maximum Gasteiger partial charge on any atom is 0.522 e. The third-order valence-electron chi connectivity index (χ3n) is 14.0. The Bertz CT molecular complexity index is 2600. The molecule has 2 aromatic carbocycles. The van der Waals surface area contributed by atoms with Crippen molar-refractivity contribution in [2.24, 2.45) is 13.0 Å². The molecular weight excluding hydrogens is 860 g/mol. The summed E-state index contributed by atoms with van der Waals surface area (Å²) in [6.07, 6.45) is 0.330. The molecule has 350 valence electrons. The number of nitrogens with one attached hydrogen (secondary N) is 1. The molecule has 0 radical (unpaired) electrons. The highest BCUT2D eigenvalue weighted by molar-refractivity contribution is 6.25. The number of benzene rings is 2. The van der Waals surface area contributed by atoms with E-state index in [1.54, 1.807) is 38.4 Å². The number of amides is 5. The van der Waals surface area contributed by atoms with Crippen LogP contribution in [0.5, 0.6) is 0 Å². The molecule has 1 N–H and O–H groups in total. The average molecular weight is 914 g/mol. The Hall–Kier alpha value is -5.92. The maximum atomic E-state index is 13.7. The molecule has 5 aliphatic heterocycles. The molecule has 1 unspecified atom stereocenters. The number of rotatable bonds is 11. The molecule has 5 amide bonds. The summed E-state index contributed by atoms with van der Waals surface area (Å²) in [5.41, 5.74) is 4.72. The lowest BCUT2D eigenvalue weighted by molar-refractivity contribution is -0.325. The van der Waals surface area contributed by atoms with Crippen LogP contribution in [0.15, 0.2) is 53.5 Å². The lowest BCUT2D eigenvalue weighted by Crippen LogP contribution is -2.54. The molecule has 2 aromatic heterocycles. The topological polar surface area (TPSA) is 163 Å². The van der Waals surface area contributed by atoms with Crippen molar-refractivity contribution < 1.29 is 41.9 Å². The number of hydrogen-bond donors (Lipinski definition) is 1. The first-order valence-electron chi connectivity index (χ1n) is 22.8. The Morgan fingerprint density at radius 3 is 2.29 bits per heavy atom. The van der Waals surface area contributed by atoms with E-state index >= 15 is 0 Å². The third kappa shape index (κ3) is 9.24. The Labute approximate surface area is 379 Å². The summed E-state index contributed by atoms with van der Waals surface area (Å²) in [6.45, 7) is 7.87. The van der Waals surface area contributed by atoms with Crippen molar-refractivity contribution in [3.05, 3.63) is 81.5 Å². The normalized spacial score (nSPS) is 20.7. The van der Waals surface area contributed by atoms with Crippen molar-refractivity contribution in [1.29, 1.82) is 0 Å². The first kappa shape index (κ1) is 45.2. The summed E-state index contributed by atoms with van der Waals surface area (Å²) >= 11 is 0. The molecule has 4 saturated heterocycles. The minimum Gasteiger partial charge on any atom is -0.368 e. The van der Waals surface area contributed by atoms with Gasteiger partial charge in [0.1, 0.15) is 11.9 Å². The van der Waals surface area contributed by atoms with E-state index in [9.17, 15) is 41.9 Å². The first-order chi connectivity index (χ1) is 31.6. The number of imidazole rings is 1. The molecule has 7 heterocycles. The van der Waals surface area contributed by atoms with Gasteiger partial charge in [-0.25, -0.2) is 4.98 Å². The zero-order valence-corrected chi connectivity index (χ0v) is 37.1. The quantitative estimate of drug-likeness (QED) is 0.218. The van der Waals surface area contributed by atoms with Crippen molar-refractivity contribution in [2.75, 3.05) is 77.0 Å². The van der Waals surface area contributed by atoms with E-state index in [0.717, 1.165) is 48.5 Å². The summed E-state index contributed by atoms with van der Waals surface area (Å²) in [7, 11) is 1.68. The van der Waals surface area contributed by atoms with Gasteiger partial charge in [0.05, 0.1) is 41.0 Å². The number of carbonyl (C=O) groups excluding carboxylic acids is 5. The molecule has 1 atom stereocenters. The summed E-state index contributed by atoms with van der Waals surface area (Å²) in [6, 6.07) is 11.7. The molecule has 5 aliphatic rings. The monoisotopic (exact) mass is 913 g/mol. The van der Waals surface area contributed by atoms with Gasteiger partial charge in [0.2, 0.25) is 17.7 Å². The van der Waals surface area contributed by atoms with Crippen LogP contribution in [-0.2, 0) is 32.7 Å². The molecule has 0 saturated carbocycles. The van der Waals surface area contributed by atoms with E-state index < -0.39 is 42.6 Å². The first-order valence-corrected chi connectivity index (χ1v) is 22.8. The summed E-state index contributed by atoms with van der Waals surface area (Å²) in [5.74, 6) is -0.862. The van der Waals surface area contributed by atoms with E-state index in [2.05, 4.69) is 24.8 Å². The van der Waals surface area contributed by atoms with Gasteiger partial charge in [-0.2, -0.15) is 0 Å². The van der Waals surface area contributed by atoms with Crippen LogP contribution in [0.2, 0.25) is 0 Å². The highest BCUT2D eigenvalue weighted by Crippen LogP contribution is 2.36. The van der Waals surface area contributed by atoms with Gasteiger partial charge in [0, 0.05) is 83.5 Å². The van der Waals surface area contributed by atoms with E-state index in [0.29, 0.717) is 98.2 Å². The lowest BCUT2D eigenvalue weighted by atomic mass is 9.95. The smallest absolute Gasteiger partial charge is 0.368 e.